The lowest BCUT2D eigenvalue weighted by Crippen LogP contribution is -1.69. The van der Waals surface area contributed by atoms with Crippen LogP contribution in [0.1, 0.15) is 0 Å². The van der Waals surface area contributed by atoms with Crippen molar-refractivity contribution < 1.29 is 0 Å². The van der Waals surface area contributed by atoms with Crippen LogP contribution in [0.5, 0.6) is 0 Å². The maximum Gasteiger partial charge on any atom is 0.173 e. The number of nitriles is 1. The first-order chi connectivity index (χ1) is 4.81. The lowest BCUT2D eigenvalue weighted by atomic mass is 10.5. The van der Waals surface area contributed by atoms with Crippen LogP contribution in [0.2, 0.25) is 5.15 Å². The zero-order chi connectivity index (χ0) is 7.82. The smallest absolute Gasteiger partial charge is 0.173 e. The third kappa shape index (κ3) is 4.88. The van der Waals surface area contributed by atoms with Crippen LogP contribution in [-0.2, 0) is 0 Å². The fourth-order valence-electron chi connectivity index (χ4n) is 0.342. The van der Waals surface area contributed by atoms with Gasteiger partial charge in [-0.05, 0) is 12.1 Å². The summed E-state index contributed by atoms with van der Waals surface area (Å²) in [5.74, 6) is 0. The first kappa shape index (κ1) is 8.73. The molecule has 0 fully saturated rings. The van der Waals surface area contributed by atoms with E-state index in [-0.39, 0.29) is 0 Å². The summed E-state index contributed by atoms with van der Waals surface area (Å²) in [4.78, 5) is 3.74. The van der Waals surface area contributed by atoms with Gasteiger partial charge in [-0.15, -0.1) is 0 Å². The summed E-state index contributed by atoms with van der Waals surface area (Å²) in [6.07, 6.45) is 2.91. The number of halogens is 1. The second-order valence-electron chi connectivity index (χ2n) is 1.28. The van der Waals surface area contributed by atoms with E-state index in [1.165, 1.54) is 6.19 Å². The molecular formula is C6H6ClN3. The Morgan fingerprint density at radius 2 is 2.20 bits per heavy atom. The van der Waals surface area contributed by atoms with E-state index in [9.17, 15) is 0 Å². The summed E-state index contributed by atoms with van der Waals surface area (Å²) < 4.78 is 0. The minimum Gasteiger partial charge on any atom is -0.337 e. The van der Waals surface area contributed by atoms with Gasteiger partial charge < -0.3 is 5.73 Å². The predicted molar refractivity (Wildman–Crippen MR) is 39.0 cm³/mol. The monoisotopic (exact) mass is 155 g/mol. The van der Waals surface area contributed by atoms with Gasteiger partial charge in [0.25, 0.3) is 0 Å². The van der Waals surface area contributed by atoms with E-state index < -0.39 is 0 Å². The van der Waals surface area contributed by atoms with Crippen molar-refractivity contribution in [2.45, 2.75) is 0 Å². The molecule has 0 unspecified atom stereocenters. The van der Waals surface area contributed by atoms with E-state index in [2.05, 4.69) is 10.7 Å². The Kier molecular flexibility index (Phi) is 5.12. The largest absolute Gasteiger partial charge is 0.337 e. The van der Waals surface area contributed by atoms with Crippen molar-refractivity contribution in [3.8, 4) is 6.19 Å². The highest BCUT2D eigenvalue weighted by atomic mass is 35.5. The molecule has 0 aliphatic carbocycles. The first-order valence-electron chi connectivity index (χ1n) is 2.47. The van der Waals surface area contributed by atoms with Crippen molar-refractivity contribution in [1.82, 2.24) is 4.98 Å². The van der Waals surface area contributed by atoms with Crippen LogP contribution in [0.15, 0.2) is 24.4 Å². The lowest BCUT2D eigenvalue weighted by molar-refractivity contribution is 1.33. The average Bonchev–Trinajstić information content (AvgIpc) is 1.91. The van der Waals surface area contributed by atoms with Crippen LogP contribution in [0.3, 0.4) is 0 Å². The molecule has 2 N–H and O–H groups in total. The number of nitrogens with zero attached hydrogens (tertiary/aromatic N) is 2. The third-order valence-corrected chi connectivity index (χ3v) is 0.852. The second kappa shape index (κ2) is 5.86. The zero-order valence-electron chi connectivity index (χ0n) is 5.16. The first-order valence-corrected chi connectivity index (χ1v) is 2.85. The molecule has 0 amide bonds. The van der Waals surface area contributed by atoms with Gasteiger partial charge in [-0.25, -0.2) is 4.98 Å². The van der Waals surface area contributed by atoms with Gasteiger partial charge in [0.05, 0.1) is 0 Å². The molecule has 0 saturated carbocycles. The van der Waals surface area contributed by atoms with Crippen LogP contribution < -0.4 is 5.73 Å². The molecule has 52 valence electrons. The van der Waals surface area contributed by atoms with Crippen LogP contribution in [-0.4, -0.2) is 4.98 Å². The number of aromatic nitrogens is 1. The maximum absolute atomic E-state index is 7.10. The van der Waals surface area contributed by atoms with Gasteiger partial charge in [0.2, 0.25) is 0 Å². The van der Waals surface area contributed by atoms with Crippen molar-refractivity contribution in [1.29, 1.82) is 5.26 Å². The van der Waals surface area contributed by atoms with Crippen molar-refractivity contribution in [2.75, 3.05) is 0 Å². The third-order valence-electron chi connectivity index (χ3n) is 0.629. The molecule has 0 radical (unpaired) electrons. The van der Waals surface area contributed by atoms with E-state index in [0.29, 0.717) is 5.15 Å². The van der Waals surface area contributed by atoms with Gasteiger partial charge >= 0.3 is 0 Å². The van der Waals surface area contributed by atoms with Gasteiger partial charge in [-0.1, -0.05) is 17.7 Å². The van der Waals surface area contributed by atoms with Crippen LogP contribution in [0.4, 0.5) is 0 Å². The number of nitrogens with two attached hydrogens (primary N) is 1. The van der Waals surface area contributed by atoms with Crippen LogP contribution in [0, 0.1) is 11.5 Å². The molecule has 0 aromatic carbocycles. The van der Waals surface area contributed by atoms with Crippen LogP contribution >= 0.6 is 11.6 Å². The maximum atomic E-state index is 7.10. The number of hydrogen-bond donors (Lipinski definition) is 1. The van der Waals surface area contributed by atoms with E-state index >= 15 is 0 Å². The lowest BCUT2D eigenvalue weighted by Gasteiger charge is -1.79. The molecule has 1 heterocycles. The highest BCUT2D eigenvalue weighted by Crippen LogP contribution is 1.98. The fourth-order valence-corrected chi connectivity index (χ4v) is 0.471. The highest BCUT2D eigenvalue weighted by molar-refractivity contribution is 6.29. The molecule has 0 aliphatic heterocycles. The summed E-state index contributed by atoms with van der Waals surface area (Å²) in [6.45, 7) is 0. The van der Waals surface area contributed by atoms with E-state index in [0.717, 1.165) is 0 Å². The van der Waals surface area contributed by atoms with Crippen molar-refractivity contribution in [3.63, 3.8) is 0 Å². The summed E-state index contributed by atoms with van der Waals surface area (Å²) in [5, 5.41) is 7.64. The SMILES string of the molecule is Clc1ccccn1.N#CN. The minimum atomic E-state index is 0.544. The Labute approximate surface area is 64.1 Å². The number of rotatable bonds is 0. The van der Waals surface area contributed by atoms with E-state index in [1.54, 1.807) is 12.3 Å². The average molecular weight is 156 g/mol. The summed E-state index contributed by atoms with van der Waals surface area (Å²) in [7, 11) is 0. The Morgan fingerprint density at radius 3 is 2.40 bits per heavy atom. The Morgan fingerprint density at radius 1 is 1.60 bits per heavy atom. The van der Waals surface area contributed by atoms with Crippen LogP contribution in [0.25, 0.3) is 0 Å². The Hall–Kier alpha value is -1.27. The number of hydrogen-bond acceptors (Lipinski definition) is 3. The fraction of sp³-hybridized carbons (Fsp3) is 0. The van der Waals surface area contributed by atoms with E-state index in [1.807, 2.05) is 12.1 Å². The summed E-state index contributed by atoms with van der Waals surface area (Å²) in [5.41, 5.74) is 4.15. The number of pyridine rings is 1. The van der Waals surface area contributed by atoms with Gasteiger partial charge in [0.1, 0.15) is 5.15 Å². The van der Waals surface area contributed by atoms with Gasteiger partial charge in [-0.2, -0.15) is 5.26 Å². The quantitative estimate of drug-likeness (QED) is 0.348. The predicted octanol–water partition coefficient (Wildman–Crippen LogP) is 1.16. The molecule has 0 saturated heterocycles. The molecule has 1 aromatic rings. The molecule has 1 aromatic heterocycles. The van der Waals surface area contributed by atoms with Gasteiger partial charge in [-0.3, -0.25) is 0 Å². The minimum absolute atomic E-state index is 0.544. The van der Waals surface area contributed by atoms with E-state index in [4.69, 9.17) is 16.9 Å². The van der Waals surface area contributed by atoms with Crippen molar-refractivity contribution >= 4 is 11.6 Å². The molecule has 3 nitrogen and oxygen atoms in total. The zero-order valence-corrected chi connectivity index (χ0v) is 5.92. The molecule has 0 bridgehead atoms. The molecule has 10 heavy (non-hydrogen) atoms. The normalized spacial score (nSPS) is 6.80. The Bertz CT molecular complexity index is 204. The summed E-state index contributed by atoms with van der Waals surface area (Å²) >= 11 is 5.43. The van der Waals surface area contributed by atoms with Crippen molar-refractivity contribution in [2.24, 2.45) is 5.73 Å². The van der Waals surface area contributed by atoms with Gasteiger partial charge in [0.15, 0.2) is 6.19 Å². The highest BCUT2D eigenvalue weighted by Gasteiger charge is 1.76. The molecule has 4 heteroatoms. The molecule has 1 rings (SSSR count). The molecule has 0 aliphatic rings. The van der Waals surface area contributed by atoms with Gasteiger partial charge in [0, 0.05) is 6.20 Å². The second-order valence-corrected chi connectivity index (χ2v) is 1.67. The standard InChI is InChI=1S/C5H4ClN.CH2N2/c6-5-3-1-2-4-7-5;2-1-3/h1-4H;2H2. The topological polar surface area (TPSA) is 62.7 Å². The molecular weight excluding hydrogens is 150 g/mol. The molecule has 0 atom stereocenters. The summed E-state index contributed by atoms with van der Waals surface area (Å²) in [6, 6.07) is 5.41. The Balaban J connectivity index is 0.000000236. The molecule has 0 spiro atoms. The van der Waals surface area contributed by atoms with Crippen molar-refractivity contribution in [3.05, 3.63) is 29.5 Å².